The quantitative estimate of drug-likeness (QED) is 0.802. The number of hydrogen-bond donors (Lipinski definition) is 1. The normalized spacial score (nSPS) is 10.9. The van der Waals surface area contributed by atoms with Crippen LogP contribution in [0.5, 0.6) is 0 Å². The van der Waals surface area contributed by atoms with Crippen LogP contribution in [0.25, 0.3) is 11.3 Å². The summed E-state index contributed by atoms with van der Waals surface area (Å²) < 4.78 is 17.4. The molecule has 2 rings (SSSR count). The van der Waals surface area contributed by atoms with Gasteiger partial charge in [0.05, 0.1) is 11.8 Å². The van der Waals surface area contributed by atoms with Crippen LogP contribution in [0.2, 0.25) is 0 Å². The van der Waals surface area contributed by atoms with Gasteiger partial charge in [-0.25, -0.2) is 9.07 Å². The molecule has 0 atom stereocenters. The Morgan fingerprint density at radius 1 is 1.40 bits per heavy atom. The second kappa shape index (κ2) is 3.47. The molecule has 0 unspecified atom stereocenters. The van der Waals surface area contributed by atoms with Crippen LogP contribution in [0, 0.1) is 9.52 Å². The number of aryl methyl sites for hydroxylation is 2. The molecule has 0 bridgehead atoms. The van der Waals surface area contributed by atoms with Gasteiger partial charge in [0, 0.05) is 14.1 Å². The lowest BCUT2D eigenvalue weighted by molar-refractivity contribution is 0.633. The number of nitrogens with zero attached hydrogens (tertiary/aromatic N) is 4. The maximum atomic E-state index is 13.6. The molecule has 7 heteroatoms. The number of aromatic nitrogens is 4. The predicted molar refractivity (Wildman–Crippen MR) is 62.5 cm³/mol. The van der Waals surface area contributed by atoms with E-state index in [9.17, 15) is 4.39 Å². The lowest BCUT2D eigenvalue weighted by Crippen LogP contribution is -1.97. The number of rotatable bonds is 1. The zero-order chi connectivity index (χ0) is 11.2. The molecule has 0 spiro atoms. The molecule has 0 radical (unpaired) electrons. The summed E-state index contributed by atoms with van der Waals surface area (Å²) in [6.07, 6.45) is 1.58. The maximum absolute atomic E-state index is 13.6. The van der Waals surface area contributed by atoms with Crippen molar-refractivity contribution in [2.75, 3.05) is 5.73 Å². The Bertz CT molecular complexity index is 515. The smallest absolute Gasteiger partial charge is 0.192 e. The molecule has 0 aliphatic heterocycles. The predicted octanol–water partition coefficient (Wildman–Crippen LogP) is 1.15. The van der Waals surface area contributed by atoms with Gasteiger partial charge >= 0.3 is 0 Å². The van der Waals surface area contributed by atoms with Gasteiger partial charge in [0.25, 0.3) is 0 Å². The van der Waals surface area contributed by atoms with E-state index < -0.39 is 5.82 Å². The highest BCUT2D eigenvalue weighted by molar-refractivity contribution is 14.1. The van der Waals surface area contributed by atoms with E-state index in [-0.39, 0.29) is 11.5 Å². The average Bonchev–Trinajstić information content (AvgIpc) is 2.64. The minimum atomic E-state index is -0.497. The molecule has 0 aliphatic rings. The van der Waals surface area contributed by atoms with E-state index in [4.69, 9.17) is 5.73 Å². The summed E-state index contributed by atoms with van der Waals surface area (Å²) >= 11 is 2.08. The first kappa shape index (κ1) is 10.4. The largest absolute Gasteiger partial charge is 0.381 e. The molecule has 5 nitrogen and oxygen atoms in total. The van der Waals surface area contributed by atoms with Gasteiger partial charge in [-0.1, -0.05) is 0 Å². The van der Waals surface area contributed by atoms with Crippen LogP contribution in [-0.4, -0.2) is 19.6 Å². The molecule has 0 amide bonds. The van der Waals surface area contributed by atoms with Crippen molar-refractivity contribution in [2.45, 2.75) is 0 Å². The number of nitrogens with two attached hydrogens (primary N) is 1. The molecular formula is C8H9FIN5. The second-order valence-electron chi connectivity index (χ2n) is 3.14. The van der Waals surface area contributed by atoms with Crippen molar-refractivity contribution >= 4 is 28.4 Å². The molecule has 0 saturated carbocycles. The van der Waals surface area contributed by atoms with Crippen molar-refractivity contribution in [3.8, 4) is 11.3 Å². The third-order valence-electron chi connectivity index (χ3n) is 2.15. The third-order valence-corrected chi connectivity index (χ3v) is 3.43. The number of hydrogen-bond acceptors (Lipinski definition) is 3. The zero-order valence-corrected chi connectivity index (χ0v) is 10.4. The standard InChI is InChI=1S/C8H9FIN5/c1-14-7(10)4(3-12-14)6-5(9)8(11)15(2)13-6/h3H,11H2,1-2H3. The second-order valence-corrected chi connectivity index (χ2v) is 4.17. The van der Waals surface area contributed by atoms with Crippen molar-refractivity contribution in [1.29, 1.82) is 0 Å². The zero-order valence-electron chi connectivity index (χ0n) is 8.20. The Morgan fingerprint density at radius 3 is 2.47 bits per heavy atom. The minimum Gasteiger partial charge on any atom is -0.381 e. The summed E-state index contributed by atoms with van der Waals surface area (Å²) in [6.45, 7) is 0. The summed E-state index contributed by atoms with van der Waals surface area (Å²) in [5, 5.41) is 8.04. The van der Waals surface area contributed by atoms with Gasteiger partial charge < -0.3 is 5.73 Å². The van der Waals surface area contributed by atoms with E-state index in [2.05, 4.69) is 32.8 Å². The Balaban J connectivity index is 2.64. The first-order valence-corrected chi connectivity index (χ1v) is 5.26. The molecule has 2 aromatic heterocycles. The van der Waals surface area contributed by atoms with Gasteiger partial charge in [-0.2, -0.15) is 10.2 Å². The van der Waals surface area contributed by atoms with Crippen molar-refractivity contribution < 1.29 is 4.39 Å². The van der Waals surface area contributed by atoms with Gasteiger partial charge in [-0.3, -0.25) is 4.68 Å². The molecule has 2 aromatic rings. The summed E-state index contributed by atoms with van der Waals surface area (Å²) in [7, 11) is 3.39. The molecule has 0 saturated heterocycles. The van der Waals surface area contributed by atoms with Crippen molar-refractivity contribution in [2.24, 2.45) is 14.1 Å². The van der Waals surface area contributed by atoms with Crippen LogP contribution in [0.4, 0.5) is 10.2 Å². The van der Waals surface area contributed by atoms with Crippen LogP contribution in [0.1, 0.15) is 0 Å². The van der Waals surface area contributed by atoms with Crippen LogP contribution in [0.3, 0.4) is 0 Å². The molecule has 0 fully saturated rings. The Hall–Kier alpha value is -1.12. The number of anilines is 1. The molecule has 0 aliphatic carbocycles. The first-order valence-electron chi connectivity index (χ1n) is 4.18. The summed E-state index contributed by atoms with van der Waals surface area (Å²) in [5.74, 6) is -0.465. The highest BCUT2D eigenvalue weighted by Crippen LogP contribution is 2.28. The molecule has 2 heterocycles. The summed E-state index contributed by atoms with van der Waals surface area (Å²) in [4.78, 5) is 0. The Kier molecular flexibility index (Phi) is 2.41. The van der Waals surface area contributed by atoms with E-state index in [1.54, 1.807) is 25.0 Å². The van der Waals surface area contributed by atoms with Gasteiger partial charge in [0.1, 0.15) is 9.39 Å². The monoisotopic (exact) mass is 321 g/mol. The van der Waals surface area contributed by atoms with Crippen LogP contribution >= 0.6 is 22.6 Å². The molecule has 15 heavy (non-hydrogen) atoms. The third kappa shape index (κ3) is 1.50. The van der Waals surface area contributed by atoms with Gasteiger partial charge in [0.15, 0.2) is 11.6 Å². The fraction of sp³-hybridized carbons (Fsp3) is 0.250. The summed E-state index contributed by atoms with van der Waals surface area (Å²) in [6, 6.07) is 0. The van der Waals surface area contributed by atoms with Crippen LogP contribution < -0.4 is 5.73 Å². The van der Waals surface area contributed by atoms with Gasteiger partial charge in [-0.15, -0.1) is 0 Å². The topological polar surface area (TPSA) is 61.7 Å². The van der Waals surface area contributed by atoms with Crippen molar-refractivity contribution in [1.82, 2.24) is 19.6 Å². The van der Waals surface area contributed by atoms with Gasteiger partial charge in [0.2, 0.25) is 0 Å². The van der Waals surface area contributed by atoms with E-state index in [0.717, 1.165) is 3.70 Å². The lowest BCUT2D eigenvalue weighted by Gasteiger charge is -1.94. The Morgan fingerprint density at radius 2 is 2.07 bits per heavy atom. The number of halogens is 2. The Labute approximate surface area is 99.2 Å². The number of nitrogen functional groups attached to an aromatic ring is 1. The van der Waals surface area contributed by atoms with Crippen molar-refractivity contribution in [3.63, 3.8) is 0 Å². The first-order chi connectivity index (χ1) is 7.02. The highest BCUT2D eigenvalue weighted by Gasteiger charge is 2.19. The van der Waals surface area contributed by atoms with E-state index in [1.807, 2.05) is 0 Å². The van der Waals surface area contributed by atoms with Crippen LogP contribution in [0.15, 0.2) is 6.20 Å². The SMILES string of the molecule is Cn1nc(-c2cnn(C)c2I)c(F)c1N. The van der Waals surface area contributed by atoms with Crippen LogP contribution in [-0.2, 0) is 14.1 Å². The maximum Gasteiger partial charge on any atom is 0.192 e. The van der Waals surface area contributed by atoms with E-state index in [1.165, 1.54) is 4.68 Å². The highest BCUT2D eigenvalue weighted by atomic mass is 127. The average molecular weight is 321 g/mol. The molecule has 0 aromatic carbocycles. The van der Waals surface area contributed by atoms with E-state index in [0.29, 0.717) is 5.56 Å². The lowest BCUT2D eigenvalue weighted by atomic mass is 10.2. The molecular weight excluding hydrogens is 312 g/mol. The van der Waals surface area contributed by atoms with E-state index >= 15 is 0 Å². The van der Waals surface area contributed by atoms with Gasteiger partial charge in [-0.05, 0) is 22.6 Å². The van der Waals surface area contributed by atoms with Crippen molar-refractivity contribution in [3.05, 3.63) is 15.7 Å². The minimum absolute atomic E-state index is 0.0321. The summed E-state index contributed by atoms with van der Waals surface area (Å²) in [5.41, 5.74) is 6.39. The fourth-order valence-corrected chi connectivity index (χ4v) is 1.78. The fourth-order valence-electron chi connectivity index (χ4n) is 1.26. The molecule has 80 valence electrons. The molecule has 2 N–H and O–H groups in total.